The van der Waals surface area contributed by atoms with Gasteiger partial charge in [-0.15, -0.1) is 0 Å². The summed E-state index contributed by atoms with van der Waals surface area (Å²) in [5, 5.41) is 5.93. The van der Waals surface area contributed by atoms with Crippen molar-refractivity contribution in [3.63, 3.8) is 0 Å². The molecule has 0 bridgehead atoms. The number of hydrogen-bond acceptors (Lipinski definition) is 4. The molecule has 0 unspecified atom stereocenters. The molecule has 6 heteroatoms. The standard InChI is InChI=1S/C12H22N4O2/c1-12(2,3)18-11(17)16-6-4-5-13-9-10-14-7-8-15-10/h7-8,13H,4-6,9H2,1-3H3,(H,14,15)(H,16,17). The number of imidazole rings is 1. The molecule has 1 amide bonds. The summed E-state index contributed by atoms with van der Waals surface area (Å²) in [4.78, 5) is 18.4. The topological polar surface area (TPSA) is 79.0 Å². The van der Waals surface area contributed by atoms with E-state index < -0.39 is 5.60 Å². The monoisotopic (exact) mass is 254 g/mol. The van der Waals surface area contributed by atoms with Crippen LogP contribution in [-0.4, -0.2) is 34.8 Å². The fourth-order valence-electron chi connectivity index (χ4n) is 1.32. The van der Waals surface area contributed by atoms with Gasteiger partial charge >= 0.3 is 6.09 Å². The summed E-state index contributed by atoms with van der Waals surface area (Å²) in [6, 6.07) is 0. The number of carbonyl (C=O) groups excluding carboxylic acids is 1. The van der Waals surface area contributed by atoms with E-state index in [0.29, 0.717) is 13.1 Å². The Hall–Kier alpha value is -1.56. The smallest absolute Gasteiger partial charge is 0.407 e. The van der Waals surface area contributed by atoms with Crippen LogP contribution < -0.4 is 10.6 Å². The number of H-pyrrole nitrogens is 1. The lowest BCUT2D eigenvalue weighted by atomic mass is 10.2. The molecule has 0 aliphatic carbocycles. The van der Waals surface area contributed by atoms with E-state index in [2.05, 4.69) is 20.6 Å². The van der Waals surface area contributed by atoms with Crippen LogP contribution in [0.5, 0.6) is 0 Å². The third kappa shape index (κ3) is 6.90. The molecule has 1 heterocycles. The van der Waals surface area contributed by atoms with Gasteiger partial charge in [0.15, 0.2) is 0 Å². The molecule has 0 aliphatic heterocycles. The first kappa shape index (κ1) is 14.5. The molecule has 3 N–H and O–H groups in total. The SMILES string of the molecule is CC(C)(C)OC(=O)NCCCNCc1ncc[nH]1. The Morgan fingerprint density at radius 2 is 2.22 bits per heavy atom. The molecule has 1 aromatic heterocycles. The van der Waals surface area contributed by atoms with Gasteiger partial charge in [-0.3, -0.25) is 0 Å². The van der Waals surface area contributed by atoms with Crippen molar-refractivity contribution < 1.29 is 9.53 Å². The van der Waals surface area contributed by atoms with Crippen molar-refractivity contribution in [3.8, 4) is 0 Å². The molecule has 0 atom stereocenters. The molecule has 0 aromatic carbocycles. The fourth-order valence-corrected chi connectivity index (χ4v) is 1.32. The molecular weight excluding hydrogens is 232 g/mol. The van der Waals surface area contributed by atoms with Crippen LogP contribution in [0.2, 0.25) is 0 Å². The zero-order valence-corrected chi connectivity index (χ0v) is 11.2. The van der Waals surface area contributed by atoms with Crippen molar-refractivity contribution in [3.05, 3.63) is 18.2 Å². The number of nitrogens with one attached hydrogen (secondary N) is 3. The number of carbonyl (C=O) groups is 1. The van der Waals surface area contributed by atoms with E-state index in [-0.39, 0.29) is 6.09 Å². The summed E-state index contributed by atoms with van der Waals surface area (Å²) in [5.41, 5.74) is -0.443. The second kappa shape index (κ2) is 7.00. The van der Waals surface area contributed by atoms with Crippen LogP contribution in [-0.2, 0) is 11.3 Å². The Morgan fingerprint density at radius 1 is 1.44 bits per heavy atom. The van der Waals surface area contributed by atoms with E-state index in [9.17, 15) is 4.79 Å². The predicted molar refractivity (Wildman–Crippen MR) is 69.1 cm³/mol. The zero-order chi connectivity index (χ0) is 13.4. The summed E-state index contributed by atoms with van der Waals surface area (Å²) >= 11 is 0. The largest absolute Gasteiger partial charge is 0.444 e. The molecule has 102 valence electrons. The normalized spacial score (nSPS) is 11.3. The third-order valence-corrected chi connectivity index (χ3v) is 2.05. The molecule has 18 heavy (non-hydrogen) atoms. The predicted octanol–water partition coefficient (Wildman–Crippen LogP) is 1.41. The number of nitrogens with zero attached hydrogens (tertiary/aromatic N) is 1. The molecule has 6 nitrogen and oxygen atoms in total. The maximum atomic E-state index is 11.3. The minimum absolute atomic E-state index is 0.367. The van der Waals surface area contributed by atoms with Gasteiger partial charge in [0.05, 0.1) is 6.54 Å². The second-order valence-corrected chi connectivity index (χ2v) is 4.99. The van der Waals surface area contributed by atoms with Crippen LogP contribution in [0.25, 0.3) is 0 Å². The van der Waals surface area contributed by atoms with Crippen LogP contribution in [0.1, 0.15) is 33.0 Å². The lowest BCUT2D eigenvalue weighted by molar-refractivity contribution is 0.0527. The fraction of sp³-hybridized carbons (Fsp3) is 0.667. The average molecular weight is 254 g/mol. The van der Waals surface area contributed by atoms with Gasteiger partial charge in [0.1, 0.15) is 11.4 Å². The minimum Gasteiger partial charge on any atom is -0.444 e. The highest BCUT2D eigenvalue weighted by atomic mass is 16.6. The first-order valence-corrected chi connectivity index (χ1v) is 6.13. The Kier molecular flexibility index (Phi) is 5.64. The quantitative estimate of drug-likeness (QED) is 0.671. The summed E-state index contributed by atoms with van der Waals surface area (Å²) in [5.74, 6) is 0.912. The molecular formula is C12H22N4O2. The number of rotatable bonds is 6. The molecule has 0 spiro atoms. The number of ether oxygens (including phenoxy) is 1. The molecule has 1 aromatic rings. The lowest BCUT2D eigenvalue weighted by Gasteiger charge is -2.19. The van der Waals surface area contributed by atoms with E-state index >= 15 is 0 Å². The highest BCUT2D eigenvalue weighted by Gasteiger charge is 2.15. The zero-order valence-electron chi connectivity index (χ0n) is 11.2. The van der Waals surface area contributed by atoms with Gasteiger partial charge < -0.3 is 20.4 Å². The van der Waals surface area contributed by atoms with Gasteiger partial charge in [0, 0.05) is 18.9 Å². The first-order valence-electron chi connectivity index (χ1n) is 6.13. The van der Waals surface area contributed by atoms with Gasteiger partial charge in [-0.1, -0.05) is 0 Å². The van der Waals surface area contributed by atoms with E-state index in [1.807, 2.05) is 20.8 Å². The number of amides is 1. The van der Waals surface area contributed by atoms with Gasteiger partial charge in [0.2, 0.25) is 0 Å². The Balaban J connectivity index is 1.97. The van der Waals surface area contributed by atoms with E-state index in [1.54, 1.807) is 12.4 Å². The molecule has 0 aliphatic rings. The maximum Gasteiger partial charge on any atom is 0.407 e. The molecule has 0 saturated heterocycles. The van der Waals surface area contributed by atoms with Crippen molar-refractivity contribution in [2.45, 2.75) is 39.3 Å². The third-order valence-electron chi connectivity index (χ3n) is 2.05. The highest BCUT2D eigenvalue weighted by molar-refractivity contribution is 5.67. The number of aromatic amines is 1. The summed E-state index contributed by atoms with van der Waals surface area (Å²) < 4.78 is 5.12. The van der Waals surface area contributed by atoms with E-state index in [1.165, 1.54) is 0 Å². The van der Waals surface area contributed by atoms with Crippen molar-refractivity contribution in [2.24, 2.45) is 0 Å². The van der Waals surface area contributed by atoms with Crippen molar-refractivity contribution in [1.82, 2.24) is 20.6 Å². The van der Waals surface area contributed by atoms with Gasteiger partial charge in [-0.05, 0) is 33.7 Å². The van der Waals surface area contributed by atoms with Crippen molar-refractivity contribution in [1.29, 1.82) is 0 Å². The number of hydrogen-bond donors (Lipinski definition) is 3. The van der Waals surface area contributed by atoms with Crippen molar-refractivity contribution >= 4 is 6.09 Å². The van der Waals surface area contributed by atoms with Gasteiger partial charge in [-0.2, -0.15) is 0 Å². The average Bonchev–Trinajstić information content (AvgIpc) is 2.73. The molecule has 0 saturated carbocycles. The molecule has 0 fully saturated rings. The van der Waals surface area contributed by atoms with Crippen LogP contribution in [0.4, 0.5) is 4.79 Å². The Morgan fingerprint density at radius 3 is 2.83 bits per heavy atom. The van der Waals surface area contributed by atoms with E-state index in [4.69, 9.17) is 4.74 Å². The summed E-state index contributed by atoms with van der Waals surface area (Å²) in [6.45, 7) is 7.66. The highest BCUT2D eigenvalue weighted by Crippen LogP contribution is 2.06. The van der Waals surface area contributed by atoms with E-state index in [0.717, 1.165) is 18.8 Å². The Bertz CT molecular complexity index is 343. The van der Waals surface area contributed by atoms with Gasteiger partial charge in [0.25, 0.3) is 0 Å². The number of alkyl carbamates (subject to hydrolysis) is 1. The second-order valence-electron chi connectivity index (χ2n) is 4.99. The lowest BCUT2D eigenvalue weighted by Crippen LogP contribution is -2.33. The van der Waals surface area contributed by atoms with Crippen LogP contribution in [0.15, 0.2) is 12.4 Å². The van der Waals surface area contributed by atoms with Crippen molar-refractivity contribution in [2.75, 3.05) is 13.1 Å². The summed E-state index contributed by atoms with van der Waals surface area (Å²) in [6.07, 6.45) is 4.00. The maximum absolute atomic E-state index is 11.3. The molecule has 0 radical (unpaired) electrons. The molecule has 1 rings (SSSR count). The number of aromatic nitrogens is 2. The first-order chi connectivity index (χ1) is 8.47. The van der Waals surface area contributed by atoms with Crippen LogP contribution in [0, 0.1) is 0 Å². The Labute approximate surface area is 108 Å². The van der Waals surface area contributed by atoms with Gasteiger partial charge in [-0.25, -0.2) is 9.78 Å². The minimum atomic E-state index is -0.443. The van der Waals surface area contributed by atoms with Crippen LogP contribution >= 0.6 is 0 Å². The summed E-state index contributed by atoms with van der Waals surface area (Å²) in [7, 11) is 0. The van der Waals surface area contributed by atoms with Crippen LogP contribution in [0.3, 0.4) is 0 Å².